The number of anilines is 1. The first-order valence-corrected chi connectivity index (χ1v) is 6.42. The summed E-state index contributed by atoms with van der Waals surface area (Å²) < 4.78 is 5.13. The molecule has 2 N–H and O–H groups in total. The fourth-order valence-corrected chi connectivity index (χ4v) is 2.28. The summed E-state index contributed by atoms with van der Waals surface area (Å²) in [5, 5.41) is 11.7. The maximum atomic E-state index is 11.3. The molecule has 9 heteroatoms. The topological polar surface area (TPSA) is 104 Å². The number of ether oxygens (including phenoxy) is 1. The third-order valence-electron chi connectivity index (χ3n) is 2.85. The van der Waals surface area contributed by atoms with Crippen LogP contribution in [0.5, 0.6) is 5.88 Å². The standard InChI is InChI=1S/C12H10Cl2N4O3/c1-5-8(7-3-6(13)4-16-12(7)21-2)9(18(19)20)11(15)17-10(5)14/h3-4H,1-2H3,(H2,15,17). The quantitative estimate of drug-likeness (QED) is 0.526. The van der Waals surface area contributed by atoms with E-state index in [1.54, 1.807) is 6.92 Å². The van der Waals surface area contributed by atoms with Gasteiger partial charge in [-0.2, -0.15) is 0 Å². The largest absolute Gasteiger partial charge is 0.481 e. The highest BCUT2D eigenvalue weighted by Gasteiger charge is 2.28. The zero-order valence-corrected chi connectivity index (χ0v) is 12.6. The lowest BCUT2D eigenvalue weighted by molar-refractivity contribution is -0.383. The molecule has 0 bridgehead atoms. The van der Waals surface area contributed by atoms with Gasteiger partial charge in [0.2, 0.25) is 11.7 Å². The Labute approximate surface area is 129 Å². The molecule has 0 aliphatic heterocycles. The van der Waals surface area contributed by atoms with E-state index in [1.165, 1.54) is 19.4 Å². The van der Waals surface area contributed by atoms with Crippen LogP contribution in [-0.2, 0) is 0 Å². The van der Waals surface area contributed by atoms with Gasteiger partial charge in [-0.25, -0.2) is 9.97 Å². The maximum Gasteiger partial charge on any atom is 0.319 e. The van der Waals surface area contributed by atoms with Crippen molar-refractivity contribution in [1.29, 1.82) is 0 Å². The van der Waals surface area contributed by atoms with Gasteiger partial charge in [-0.1, -0.05) is 23.2 Å². The first-order valence-electron chi connectivity index (χ1n) is 5.66. The highest BCUT2D eigenvalue weighted by molar-refractivity contribution is 6.31. The monoisotopic (exact) mass is 328 g/mol. The van der Waals surface area contributed by atoms with Crippen molar-refractivity contribution < 1.29 is 9.66 Å². The molecule has 0 saturated heterocycles. The molecule has 0 saturated carbocycles. The van der Waals surface area contributed by atoms with Crippen LogP contribution >= 0.6 is 23.2 Å². The Kier molecular flexibility index (Phi) is 4.15. The SMILES string of the molecule is COc1ncc(Cl)cc1-c1c(C)c(Cl)nc(N)c1[N+](=O)[O-]. The van der Waals surface area contributed by atoms with Crippen LogP contribution in [0, 0.1) is 17.0 Å². The number of nitrogen functional groups attached to an aromatic ring is 1. The summed E-state index contributed by atoms with van der Waals surface area (Å²) in [6.07, 6.45) is 1.37. The van der Waals surface area contributed by atoms with Gasteiger partial charge in [0.25, 0.3) is 0 Å². The minimum atomic E-state index is -0.624. The second-order valence-electron chi connectivity index (χ2n) is 4.10. The molecule has 0 aliphatic carbocycles. The number of pyridine rings is 2. The first-order chi connectivity index (χ1) is 9.86. The fourth-order valence-electron chi connectivity index (χ4n) is 1.93. The fraction of sp³-hybridized carbons (Fsp3) is 0.167. The zero-order valence-electron chi connectivity index (χ0n) is 11.1. The van der Waals surface area contributed by atoms with Gasteiger partial charge in [-0.3, -0.25) is 10.1 Å². The van der Waals surface area contributed by atoms with Crippen molar-refractivity contribution in [3.63, 3.8) is 0 Å². The van der Waals surface area contributed by atoms with E-state index in [0.717, 1.165) is 0 Å². The molecule has 0 spiro atoms. The van der Waals surface area contributed by atoms with E-state index in [2.05, 4.69) is 9.97 Å². The van der Waals surface area contributed by atoms with Gasteiger partial charge < -0.3 is 10.5 Å². The number of halogens is 2. The lowest BCUT2D eigenvalue weighted by Crippen LogP contribution is -2.05. The molecular formula is C12H10Cl2N4O3. The molecule has 0 aliphatic rings. The molecule has 0 amide bonds. The molecule has 0 unspecified atom stereocenters. The molecule has 0 fully saturated rings. The lowest BCUT2D eigenvalue weighted by atomic mass is 10.0. The van der Waals surface area contributed by atoms with Gasteiger partial charge in [0.1, 0.15) is 5.15 Å². The summed E-state index contributed by atoms with van der Waals surface area (Å²) in [6, 6.07) is 1.50. The second kappa shape index (κ2) is 5.71. The summed E-state index contributed by atoms with van der Waals surface area (Å²) >= 11 is 11.9. The minimum Gasteiger partial charge on any atom is -0.481 e. The van der Waals surface area contributed by atoms with Gasteiger partial charge >= 0.3 is 5.69 Å². The highest BCUT2D eigenvalue weighted by atomic mass is 35.5. The molecular weight excluding hydrogens is 319 g/mol. The Balaban J connectivity index is 2.92. The third-order valence-corrected chi connectivity index (χ3v) is 3.42. The van der Waals surface area contributed by atoms with Crippen LogP contribution in [-0.4, -0.2) is 22.0 Å². The molecule has 0 aromatic carbocycles. The van der Waals surface area contributed by atoms with E-state index in [9.17, 15) is 10.1 Å². The van der Waals surface area contributed by atoms with Gasteiger partial charge in [0.15, 0.2) is 0 Å². The second-order valence-corrected chi connectivity index (χ2v) is 4.90. The van der Waals surface area contributed by atoms with Crippen LogP contribution in [0.25, 0.3) is 11.1 Å². The number of nitrogens with zero attached hydrogens (tertiary/aromatic N) is 3. The third kappa shape index (κ3) is 2.70. The maximum absolute atomic E-state index is 11.3. The van der Waals surface area contributed by atoms with Crippen molar-refractivity contribution in [2.45, 2.75) is 6.92 Å². The number of methoxy groups -OCH3 is 1. The van der Waals surface area contributed by atoms with Gasteiger partial charge in [-0.05, 0) is 13.0 Å². The average molecular weight is 329 g/mol. The van der Waals surface area contributed by atoms with Crippen LogP contribution in [0.4, 0.5) is 11.5 Å². The summed E-state index contributed by atoms with van der Waals surface area (Å²) in [7, 11) is 1.40. The Morgan fingerprint density at radius 3 is 2.67 bits per heavy atom. The van der Waals surface area contributed by atoms with Gasteiger partial charge in [0, 0.05) is 11.8 Å². The molecule has 110 valence electrons. The number of hydrogen-bond acceptors (Lipinski definition) is 6. The van der Waals surface area contributed by atoms with E-state index in [-0.39, 0.29) is 28.1 Å². The van der Waals surface area contributed by atoms with Crippen LogP contribution in [0.2, 0.25) is 10.2 Å². The summed E-state index contributed by atoms with van der Waals surface area (Å²) in [5.41, 5.74) is 6.16. The number of nitrogens with two attached hydrogens (primary N) is 1. The Hall–Kier alpha value is -2.12. The number of rotatable bonds is 3. The van der Waals surface area contributed by atoms with Crippen LogP contribution in [0.15, 0.2) is 12.3 Å². The van der Waals surface area contributed by atoms with E-state index >= 15 is 0 Å². The number of aromatic nitrogens is 2. The molecule has 0 atom stereocenters. The van der Waals surface area contributed by atoms with Crippen molar-refractivity contribution in [1.82, 2.24) is 9.97 Å². The van der Waals surface area contributed by atoms with Crippen molar-refractivity contribution in [3.05, 3.63) is 38.1 Å². The van der Waals surface area contributed by atoms with Crippen molar-refractivity contribution in [3.8, 4) is 17.0 Å². The summed E-state index contributed by atoms with van der Waals surface area (Å²) in [6.45, 7) is 1.59. The summed E-state index contributed by atoms with van der Waals surface area (Å²) in [5.74, 6) is -0.111. The smallest absolute Gasteiger partial charge is 0.319 e. The van der Waals surface area contributed by atoms with Gasteiger partial charge in [-0.15, -0.1) is 0 Å². The Morgan fingerprint density at radius 1 is 1.43 bits per heavy atom. The highest BCUT2D eigenvalue weighted by Crippen LogP contribution is 2.42. The predicted octanol–water partition coefficient (Wildman–Crippen LogP) is 3.26. The Bertz CT molecular complexity index is 737. The zero-order chi connectivity index (χ0) is 15.7. The molecule has 21 heavy (non-hydrogen) atoms. The molecule has 7 nitrogen and oxygen atoms in total. The van der Waals surface area contributed by atoms with E-state index in [0.29, 0.717) is 16.1 Å². The predicted molar refractivity (Wildman–Crippen MR) is 79.8 cm³/mol. The summed E-state index contributed by atoms with van der Waals surface area (Å²) in [4.78, 5) is 18.4. The lowest BCUT2D eigenvalue weighted by Gasteiger charge is -2.12. The minimum absolute atomic E-state index is 0.0649. The van der Waals surface area contributed by atoms with Crippen molar-refractivity contribution in [2.24, 2.45) is 0 Å². The van der Waals surface area contributed by atoms with Crippen LogP contribution < -0.4 is 10.5 Å². The molecule has 2 aromatic heterocycles. The average Bonchev–Trinajstić information content (AvgIpc) is 2.42. The molecule has 2 rings (SSSR count). The normalized spacial score (nSPS) is 10.5. The van der Waals surface area contributed by atoms with Gasteiger partial charge in [0.05, 0.1) is 28.2 Å². The van der Waals surface area contributed by atoms with Crippen molar-refractivity contribution >= 4 is 34.7 Å². The van der Waals surface area contributed by atoms with E-state index in [4.69, 9.17) is 33.7 Å². The number of nitro groups is 1. The van der Waals surface area contributed by atoms with E-state index < -0.39 is 4.92 Å². The molecule has 0 radical (unpaired) electrons. The van der Waals surface area contributed by atoms with E-state index in [1.807, 2.05) is 0 Å². The van der Waals surface area contributed by atoms with Crippen LogP contribution in [0.3, 0.4) is 0 Å². The molecule has 2 heterocycles. The first kappa shape index (κ1) is 15.3. The van der Waals surface area contributed by atoms with Crippen molar-refractivity contribution in [2.75, 3.05) is 12.8 Å². The Morgan fingerprint density at radius 2 is 2.10 bits per heavy atom. The number of hydrogen-bond donors (Lipinski definition) is 1. The molecule has 2 aromatic rings. The van der Waals surface area contributed by atoms with Crippen LogP contribution in [0.1, 0.15) is 5.56 Å².